The van der Waals surface area contributed by atoms with Crippen LogP contribution < -0.4 is 15.4 Å². The van der Waals surface area contributed by atoms with Gasteiger partial charge in [-0.3, -0.25) is 10.1 Å². The number of para-hydroxylation sites is 1. The lowest BCUT2D eigenvalue weighted by Gasteiger charge is -2.12. The largest absolute Gasteiger partial charge is 0.482 e. The number of benzene rings is 3. The number of amides is 1. The quantitative estimate of drug-likeness (QED) is 0.301. The summed E-state index contributed by atoms with van der Waals surface area (Å²) in [6.45, 7) is 3.92. The lowest BCUT2D eigenvalue weighted by Crippen LogP contribution is -2.37. The molecule has 7 nitrogen and oxygen atoms in total. The number of aryl methyl sites for hydroxylation is 2. The molecule has 1 aromatic heterocycles. The van der Waals surface area contributed by atoms with Crippen LogP contribution in [0.5, 0.6) is 5.75 Å². The number of nitrogens with zero attached hydrogens (tertiary/aromatic N) is 3. The number of carbonyl (C=O) groups excluding carboxylic acids is 1. The molecule has 0 saturated carbocycles. The first kappa shape index (κ1) is 24.6. The predicted molar refractivity (Wildman–Crippen MR) is 144 cm³/mol. The van der Waals surface area contributed by atoms with Gasteiger partial charge in [0.05, 0.1) is 10.7 Å². The lowest BCUT2D eigenvalue weighted by molar-refractivity contribution is -0.121. The molecule has 0 spiro atoms. The van der Waals surface area contributed by atoms with Crippen LogP contribution in [0.1, 0.15) is 30.9 Å². The Hall–Kier alpha value is -3.49. The fourth-order valence-corrected chi connectivity index (χ4v) is 3.93. The molecule has 0 bridgehead atoms. The van der Waals surface area contributed by atoms with Gasteiger partial charge in [0.25, 0.3) is 5.91 Å². The van der Waals surface area contributed by atoms with Gasteiger partial charge in [0.2, 0.25) is 0 Å². The molecule has 0 aliphatic carbocycles. The lowest BCUT2D eigenvalue weighted by atomic mass is 10.1. The number of halogens is 1. The molecule has 0 saturated heterocycles. The van der Waals surface area contributed by atoms with Gasteiger partial charge in [-0.1, -0.05) is 49.2 Å². The zero-order valence-electron chi connectivity index (χ0n) is 19.5. The summed E-state index contributed by atoms with van der Waals surface area (Å²) in [6.07, 6.45) is 3.42. The summed E-state index contributed by atoms with van der Waals surface area (Å²) in [6, 6.07) is 19.1. The van der Waals surface area contributed by atoms with Crippen LogP contribution in [0.2, 0.25) is 5.02 Å². The van der Waals surface area contributed by atoms with Crippen LogP contribution in [0, 0.1) is 6.92 Å². The predicted octanol–water partition coefficient (Wildman–Crippen LogP) is 5.62. The molecule has 9 heteroatoms. The second kappa shape index (κ2) is 11.3. The second-order valence-corrected chi connectivity index (χ2v) is 8.95. The van der Waals surface area contributed by atoms with Crippen LogP contribution in [0.25, 0.3) is 16.7 Å². The second-order valence-electron chi connectivity index (χ2n) is 8.14. The molecule has 4 rings (SSSR count). The number of unbranched alkanes of at least 4 members (excludes halogenated alkanes) is 1. The van der Waals surface area contributed by atoms with Gasteiger partial charge in [-0.05, 0) is 79.5 Å². The first-order chi connectivity index (χ1) is 16.9. The first-order valence-corrected chi connectivity index (χ1v) is 12.2. The summed E-state index contributed by atoms with van der Waals surface area (Å²) in [5.74, 6) is 0.0395. The maximum absolute atomic E-state index is 12.2. The van der Waals surface area contributed by atoms with E-state index < -0.39 is 5.91 Å². The minimum atomic E-state index is -0.394. The third-order valence-corrected chi connectivity index (χ3v) is 5.93. The molecule has 0 fully saturated rings. The number of thiocarbonyl (C=S) groups is 1. The molecule has 0 aliphatic heterocycles. The van der Waals surface area contributed by atoms with Gasteiger partial charge >= 0.3 is 0 Å². The van der Waals surface area contributed by atoms with Crippen molar-refractivity contribution in [3.63, 3.8) is 0 Å². The molecule has 35 heavy (non-hydrogen) atoms. The van der Waals surface area contributed by atoms with E-state index in [-0.39, 0.29) is 11.7 Å². The van der Waals surface area contributed by atoms with Gasteiger partial charge < -0.3 is 10.1 Å². The number of nitrogens with one attached hydrogen (secondary N) is 2. The van der Waals surface area contributed by atoms with E-state index in [4.69, 9.17) is 28.6 Å². The zero-order chi connectivity index (χ0) is 24.8. The van der Waals surface area contributed by atoms with E-state index in [2.05, 4.69) is 39.9 Å². The van der Waals surface area contributed by atoms with Crippen LogP contribution in [0.15, 0.2) is 60.7 Å². The van der Waals surface area contributed by atoms with E-state index in [0.717, 1.165) is 28.9 Å². The summed E-state index contributed by atoms with van der Waals surface area (Å²) < 4.78 is 5.45. The number of anilines is 1. The number of carbonyl (C=O) groups is 1. The minimum Gasteiger partial charge on any atom is -0.482 e. The summed E-state index contributed by atoms with van der Waals surface area (Å²) in [7, 11) is 0. The monoisotopic (exact) mass is 507 g/mol. The molecule has 3 aromatic carbocycles. The fourth-order valence-electron chi connectivity index (χ4n) is 3.52. The highest BCUT2D eigenvalue weighted by atomic mass is 35.5. The Balaban J connectivity index is 1.40. The average Bonchev–Trinajstić information content (AvgIpc) is 3.25. The number of hydrogen-bond acceptors (Lipinski definition) is 5. The highest BCUT2D eigenvalue weighted by Gasteiger charge is 2.12. The minimum absolute atomic E-state index is 0.162. The maximum Gasteiger partial charge on any atom is 0.264 e. The molecule has 4 aromatic rings. The zero-order valence-corrected chi connectivity index (χ0v) is 21.1. The van der Waals surface area contributed by atoms with Gasteiger partial charge in [-0.15, -0.1) is 10.2 Å². The molecule has 0 aliphatic rings. The topological polar surface area (TPSA) is 81.1 Å². The molecule has 180 valence electrons. The van der Waals surface area contributed by atoms with Crippen LogP contribution in [-0.4, -0.2) is 32.6 Å². The maximum atomic E-state index is 12.2. The Kier molecular flexibility index (Phi) is 7.94. The van der Waals surface area contributed by atoms with Gasteiger partial charge in [-0.25, -0.2) is 0 Å². The van der Waals surface area contributed by atoms with E-state index in [1.54, 1.807) is 29.1 Å². The van der Waals surface area contributed by atoms with Crippen molar-refractivity contribution in [2.45, 2.75) is 33.1 Å². The van der Waals surface area contributed by atoms with E-state index in [0.29, 0.717) is 16.3 Å². The number of rotatable bonds is 8. The van der Waals surface area contributed by atoms with Crippen molar-refractivity contribution in [2.24, 2.45) is 0 Å². The van der Waals surface area contributed by atoms with Crippen molar-refractivity contribution in [1.82, 2.24) is 20.3 Å². The Morgan fingerprint density at radius 3 is 2.51 bits per heavy atom. The van der Waals surface area contributed by atoms with Crippen molar-refractivity contribution in [2.75, 3.05) is 11.9 Å². The highest BCUT2D eigenvalue weighted by molar-refractivity contribution is 7.80. The highest BCUT2D eigenvalue weighted by Crippen LogP contribution is 2.24. The van der Waals surface area contributed by atoms with Gasteiger partial charge in [0, 0.05) is 5.69 Å². The van der Waals surface area contributed by atoms with Crippen LogP contribution in [0.3, 0.4) is 0 Å². The molecule has 0 atom stereocenters. The van der Waals surface area contributed by atoms with Gasteiger partial charge in [0.15, 0.2) is 11.7 Å². The Morgan fingerprint density at radius 2 is 1.80 bits per heavy atom. The van der Waals surface area contributed by atoms with Gasteiger partial charge in [-0.2, -0.15) is 4.80 Å². The number of fused-ring (bicyclic) bond motifs is 1. The number of aromatic nitrogens is 3. The van der Waals surface area contributed by atoms with Crippen LogP contribution in [-0.2, 0) is 11.2 Å². The number of hydrogen-bond donors (Lipinski definition) is 2. The third-order valence-electron chi connectivity index (χ3n) is 5.41. The smallest absolute Gasteiger partial charge is 0.264 e. The Morgan fingerprint density at radius 1 is 1.09 bits per heavy atom. The summed E-state index contributed by atoms with van der Waals surface area (Å²) in [5, 5.41) is 15.5. The molecule has 1 amide bonds. The van der Waals surface area contributed by atoms with E-state index in [1.165, 1.54) is 18.4 Å². The van der Waals surface area contributed by atoms with Crippen LogP contribution in [0.4, 0.5) is 5.69 Å². The molecule has 2 N–H and O–H groups in total. The van der Waals surface area contributed by atoms with Crippen molar-refractivity contribution < 1.29 is 9.53 Å². The molecular formula is C26H26ClN5O2S. The third kappa shape index (κ3) is 6.35. The molecule has 1 heterocycles. The average molecular weight is 508 g/mol. The number of ether oxygens (including phenoxy) is 1. The van der Waals surface area contributed by atoms with Crippen molar-refractivity contribution in [3.05, 3.63) is 76.8 Å². The first-order valence-electron chi connectivity index (χ1n) is 11.4. The Labute approximate surface area is 214 Å². The SMILES string of the molecule is CCCCc1ccc(-n2nc3cc(C)c(NC(=S)NC(=O)COc4ccccc4Cl)cc3n2)cc1. The normalized spacial score (nSPS) is 10.8. The summed E-state index contributed by atoms with van der Waals surface area (Å²) in [5.41, 5.74) is 5.34. The molecule has 0 unspecified atom stereocenters. The van der Waals surface area contributed by atoms with Crippen LogP contribution >= 0.6 is 23.8 Å². The van der Waals surface area contributed by atoms with E-state index in [1.807, 2.05) is 31.2 Å². The standard InChI is InChI=1S/C26H26ClN5O2S/c1-3-4-7-18-10-12-19(13-11-18)32-30-22-14-17(2)21(15-23(22)31-32)28-26(35)29-25(33)16-34-24-9-6-5-8-20(24)27/h5-6,8-15H,3-4,7,16H2,1-2H3,(H2,28,29,33,35). The van der Waals surface area contributed by atoms with E-state index >= 15 is 0 Å². The van der Waals surface area contributed by atoms with Gasteiger partial charge in [0.1, 0.15) is 16.8 Å². The summed E-state index contributed by atoms with van der Waals surface area (Å²) >= 11 is 11.4. The Bertz CT molecular complexity index is 1350. The van der Waals surface area contributed by atoms with Crippen molar-refractivity contribution in [1.29, 1.82) is 0 Å². The van der Waals surface area contributed by atoms with E-state index in [9.17, 15) is 4.79 Å². The van der Waals surface area contributed by atoms with Crippen molar-refractivity contribution in [3.8, 4) is 11.4 Å². The van der Waals surface area contributed by atoms with Crippen molar-refractivity contribution >= 4 is 51.6 Å². The molecular weight excluding hydrogens is 482 g/mol. The molecule has 0 radical (unpaired) electrons. The fraction of sp³-hybridized carbons (Fsp3) is 0.231. The summed E-state index contributed by atoms with van der Waals surface area (Å²) in [4.78, 5) is 13.9.